The maximum Gasteiger partial charge on any atom is 0.174 e. The molecule has 1 aliphatic rings. The Morgan fingerprint density at radius 3 is 2.67 bits per heavy atom. The van der Waals surface area contributed by atoms with Crippen molar-refractivity contribution in [2.45, 2.75) is 5.16 Å². The second-order valence-electron chi connectivity index (χ2n) is 3.10. The van der Waals surface area contributed by atoms with E-state index in [2.05, 4.69) is 32.9 Å². The van der Waals surface area contributed by atoms with Crippen molar-refractivity contribution in [2.75, 3.05) is 0 Å². The van der Waals surface area contributed by atoms with Crippen LogP contribution in [0, 0.1) is 0 Å². The van der Waals surface area contributed by atoms with Gasteiger partial charge in [0.25, 0.3) is 0 Å². The predicted octanol–water partition coefficient (Wildman–Crippen LogP) is 1.79. The molecule has 0 saturated carbocycles. The van der Waals surface area contributed by atoms with Gasteiger partial charge in [-0.1, -0.05) is 12.2 Å². The van der Waals surface area contributed by atoms with Crippen molar-refractivity contribution in [1.82, 2.24) is 19.3 Å². The topological polar surface area (TPSA) is 35.6 Å². The molecular formula is C10H10N4S. The van der Waals surface area contributed by atoms with Crippen LogP contribution in [0.5, 0.6) is 0 Å². The van der Waals surface area contributed by atoms with Crippen molar-refractivity contribution < 1.29 is 0 Å². The molecule has 0 radical (unpaired) electrons. The van der Waals surface area contributed by atoms with Gasteiger partial charge in [-0.25, -0.2) is 19.3 Å². The first-order valence-electron chi connectivity index (χ1n) is 4.60. The monoisotopic (exact) mass is 218 g/mol. The van der Waals surface area contributed by atoms with Crippen LogP contribution in [-0.2, 0) is 0 Å². The fourth-order valence-electron chi connectivity index (χ4n) is 1.50. The normalized spacial score (nSPS) is 16.4. The van der Waals surface area contributed by atoms with E-state index in [1.807, 2.05) is 27.9 Å². The molecule has 0 aliphatic carbocycles. The molecule has 2 aromatic rings. The van der Waals surface area contributed by atoms with Crippen LogP contribution in [0.4, 0.5) is 0 Å². The number of imidazole rings is 2. The summed E-state index contributed by atoms with van der Waals surface area (Å²) in [5, 5.41) is 5.43. The standard InChI is InChI=1S/C10H10N4S/c1-2-8-15(7-1)10-12-4-6-14(10)13-5-3-11-9-13/h1-9,15H. The SMILES string of the molecule is C1=C[SH](c2nccn2-n2ccnc2)C=C1. The maximum atomic E-state index is 4.39. The van der Waals surface area contributed by atoms with Gasteiger partial charge in [0.15, 0.2) is 5.16 Å². The molecule has 4 nitrogen and oxygen atoms in total. The van der Waals surface area contributed by atoms with E-state index in [1.54, 1.807) is 12.5 Å². The lowest BCUT2D eigenvalue weighted by Gasteiger charge is -2.12. The van der Waals surface area contributed by atoms with Gasteiger partial charge in [0.05, 0.1) is 0 Å². The lowest BCUT2D eigenvalue weighted by molar-refractivity contribution is 0.593. The highest BCUT2D eigenvalue weighted by Gasteiger charge is 2.10. The van der Waals surface area contributed by atoms with Crippen LogP contribution in [0.2, 0.25) is 0 Å². The number of hydrogen-bond acceptors (Lipinski definition) is 2. The van der Waals surface area contributed by atoms with Gasteiger partial charge >= 0.3 is 0 Å². The van der Waals surface area contributed by atoms with Gasteiger partial charge in [0.2, 0.25) is 0 Å². The van der Waals surface area contributed by atoms with Crippen molar-refractivity contribution in [1.29, 1.82) is 0 Å². The van der Waals surface area contributed by atoms with E-state index in [9.17, 15) is 0 Å². The molecule has 1 aliphatic heterocycles. The van der Waals surface area contributed by atoms with Gasteiger partial charge in [-0.05, 0) is 10.8 Å². The van der Waals surface area contributed by atoms with Gasteiger partial charge in [0.1, 0.15) is 6.33 Å². The zero-order valence-corrected chi connectivity index (χ0v) is 8.83. The Hall–Kier alpha value is -1.75. The molecule has 0 spiro atoms. The van der Waals surface area contributed by atoms with Crippen molar-refractivity contribution in [3.8, 4) is 0 Å². The van der Waals surface area contributed by atoms with Crippen molar-refractivity contribution >= 4 is 10.9 Å². The van der Waals surface area contributed by atoms with E-state index >= 15 is 0 Å². The third kappa shape index (κ3) is 1.41. The van der Waals surface area contributed by atoms with Crippen LogP contribution >= 0.6 is 10.9 Å². The highest BCUT2D eigenvalue weighted by molar-refractivity contribution is 8.22. The molecule has 0 N–H and O–H groups in total. The Bertz CT molecular complexity index is 497. The quantitative estimate of drug-likeness (QED) is 0.780. The number of hydrogen-bond donors (Lipinski definition) is 1. The summed E-state index contributed by atoms with van der Waals surface area (Å²) in [7, 11) is -0.387. The summed E-state index contributed by atoms with van der Waals surface area (Å²) < 4.78 is 3.93. The Balaban J connectivity index is 2.06. The van der Waals surface area contributed by atoms with Gasteiger partial charge in [0, 0.05) is 24.8 Å². The third-order valence-electron chi connectivity index (χ3n) is 2.18. The van der Waals surface area contributed by atoms with Crippen molar-refractivity contribution in [2.24, 2.45) is 0 Å². The number of aromatic nitrogens is 4. The largest absolute Gasteiger partial charge is 0.243 e. The summed E-state index contributed by atoms with van der Waals surface area (Å²) in [6.45, 7) is 0. The first kappa shape index (κ1) is 8.55. The van der Waals surface area contributed by atoms with E-state index < -0.39 is 0 Å². The highest BCUT2D eigenvalue weighted by Crippen LogP contribution is 2.40. The molecule has 0 bridgehead atoms. The van der Waals surface area contributed by atoms with Gasteiger partial charge < -0.3 is 0 Å². The third-order valence-corrected chi connectivity index (χ3v) is 3.95. The molecular weight excluding hydrogens is 208 g/mol. The molecule has 0 aromatic carbocycles. The minimum atomic E-state index is -0.387. The van der Waals surface area contributed by atoms with E-state index in [0.29, 0.717) is 0 Å². The van der Waals surface area contributed by atoms with Crippen LogP contribution in [0.25, 0.3) is 0 Å². The molecule has 15 heavy (non-hydrogen) atoms. The van der Waals surface area contributed by atoms with E-state index in [0.717, 1.165) is 5.16 Å². The lowest BCUT2D eigenvalue weighted by atomic mass is 10.6. The lowest BCUT2D eigenvalue weighted by Crippen LogP contribution is -2.07. The Morgan fingerprint density at radius 1 is 1.07 bits per heavy atom. The zero-order valence-electron chi connectivity index (χ0n) is 7.93. The first-order valence-corrected chi connectivity index (χ1v) is 6.08. The summed E-state index contributed by atoms with van der Waals surface area (Å²) >= 11 is 0. The zero-order chi connectivity index (χ0) is 10.1. The fourth-order valence-corrected chi connectivity index (χ4v) is 3.04. The van der Waals surface area contributed by atoms with Crippen molar-refractivity contribution in [3.05, 3.63) is 54.1 Å². The molecule has 0 saturated heterocycles. The number of thiol groups is 1. The van der Waals surface area contributed by atoms with Crippen molar-refractivity contribution in [3.63, 3.8) is 0 Å². The van der Waals surface area contributed by atoms with E-state index in [-0.39, 0.29) is 10.9 Å². The average Bonchev–Trinajstić information content (AvgIpc) is 3.01. The number of rotatable bonds is 2. The number of allylic oxidation sites excluding steroid dienone is 2. The van der Waals surface area contributed by atoms with Gasteiger partial charge in [-0.3, -0.25) is 0 Å². The summed E-state index contributed by atoms with van der Waals surface area (Å²) in [5.41, 5.74) is 0. The molecule has 0 fully saturated rings. The molecule has 3 heterocycles. The summed E-state index contributed by atoms with van der Waals surface area (Å²) in [6.07, 6.45) is 13.3. The number of nitrogens with zero attached hydrogens (tertiary/aromatic N) is 4. The molecule has 5 heteroatoms. The summed E-state index contributed by atoms with van der Waals surface area (Å²) in [5.74, 6) is 0. The van der Waals surface area contributed by atoms with Crippen LogP contribution in [0.3, 0.4) is 0 Å². The minimum Gasteiger partial charge on any atom is -0.243 e. The maximum absolute atomic E-state index is 4.39. The van der Waals surface area contributed by atoms with Crippen LogP contribution in [-0.4, -0.2) is 19.3 Å². The first-order chi connectivity index (χ1) is 7.45. The summed E-state index contributed by atoms with van der Waals surface area (Å²) in [6, 6.07) is 0. The minimum absolute atomic E-state index is 0.387. The van der Waals surface area contributed by atoms with Gasteiger partial charge in [-0.2, -0.15) is 10.9 Å². The molecule has 3 rings (SSSR count). The van der Waals surface area contributed by atoms with Crippen LogP contribution < -0.4 is 0 Å². The Morgan fingerprint density at radius 2 is 1.93 bits per heavy atom. The van der Waals surface area contributed by atoms with E-state index in [4.69, 9.17) is 0 Å². The fraction of sp³-hybridized carbons (Fsp3) is 0. The predicted molar refractivity (Wildman–Crippen MR) is 60.8 cm³/mol. The Labute approximate surface area is 89.9 Å². The molecule has 0 amide bonds. The van der Waals surface area contributed by atoms with Crippen LogP contribution in [0.15, 0.2) is 59.2 Å². The Kier molecular flexibility index (Phi) is 1.96. The second-order valence-corrected chi connectivity index (χ2v) is 4.92. The highest BCUT2D eigenvalue weighted by atomic mass is 32.2. The van der Waals surface area contributed by atoms with Crippen LogP contribution in [0.1, 0.15) is 0 Å². The van der Waals surface area contributed by atoms with Gasteiger partial charge in [-0.15, -0.1) is 0 Å². The van der Waals surface area contributed by atoms with E-state index in [1.165, 1.54) is 0 Å². The summed E-state index contributed by atoms with van der Waals surface area (Å²) in [4.78, 5) is 8.43. The molecule has 0 unspecified atom stereocenters. The average molecular weight is 218 g/mol. The molecule has 76 valence electrons. The smallest absolute Gasteiger partial charge is 0.174 e. The molecule has 2 aromatic heterocycles. The second kappa shape index (κ2) is 3.43. The molecule has 0 atom stereocenters.